The van der Waals surface area contributed by atoms with Crippen LogP contribution in [0.15, 0.2) is 0 Å². The van der Waals surface area contributed by atoms with Crippen molar-refractivity contribution in [3.63, 3.8) is 0 Å². The van der Waals surface area contributed by atoms with Crippen LogP contribution in [0.1, 0.15) is 27.2 Å². The molecule has 2 fully saturated rings. The van der Waals surface area contributed by atoms with Crippen LogP contribution >= 0.6 is 0 Å². The fraction of sp³-hybridized carbons (Fsp3) is 0.846. The molecule has 2 saturated heterocycles. The van der Waals surface area contributed by atoms with Gasteiger partial charge in [0, 0.05) is 18.5 Å². The average Bonchev–Trinajstić information content (AvgIpc) is 2.58. The molecule has 18 heavy (non-hydrogen) atoms. The van der Waals surface area contributed by atoms with Crippen LogP contribution in [-0.4, -0.2) is 48.4 Å². The molecule has 2 aliphatic rings. The second kappa shape index (κ2) is 5.26. The summed E-state index contributed by atoms with van der Waals surface area (Å²) in [4.78, 5) is 25.9. The quantitative estimate of drug-likeness (QED) is 0.739. The van der Waals surface area contributed by atoms with Gasteiger partial charge < -0.3 is 15.5 Å². The van der Waals surface area contributed by atoms with Gasteiger partial charge in [-0.1, -0.05) is 6.92 Å². The lowest BCUT2D eigenvalue weighted by Crippen LogP contribution is -2.52. The Balaban J connectivity index is 1.86. The molecule has 0 spiro atoms. The molecule has 2 amide bonds. The van der Waals surface area contributed by atoms with Gasteiger partial charge in [-0.3, -0.25) is 9.59 Å². The highest BCUT2D eigenvalue weighted by molar-refractivity contribution is 5.90. The van der Waals surface area contributed by atoms with E-state index in [1.165, 1.54) is 0 Å². The van der Waals surface area contributed by atoms with Gasteiger partial charge in [-0.15, -0.1) is 0 Å². The van der Waals surface area contributed by atoms with E-state index in [4.69, 9.17) is 0 Å². The summed E-state index contributed by atoms with van der Waals surface area (Å²) in [5.74, 6) is 0.498. The number of hydrogen-bond acceptors (Lipinski definition) is 3. The standard InChI is InChI=1S/C13H23N3O2/c1-8(2)16-5-4-11(13(16)18)15-12(17)9(3)10-6-14-7-10/h8-11,14H,4-7H2,1-3H3,(H,15,17). The zero-order valence-electron chi connectivity index (χ0n) is 11.4. The van der Waals surface area contributed by atoms with E-state index in [0.717, 1.165) is 26.1 Å². The van der Waals surface area contributed by atoms with Gasteiger partial charge in [0.05, 0.1) is 0 Å². The van der Waals surface area contributed by atoms with Gasteiger partial charge in [-0.25, -0.2) is 0 Å². The minimum Gasteiger partial charge on any atom is -0.344 e. The molecule has 0 radical (unpaired) electrons. The van der Waals surface area contributed by atoms with E-state index in [0.29, 0.717) is 5.92 Å². The van der Waals surface area contributed by atoms with Gasteiger partial charge in [-0.05, 0) is 39.3 Å². The van der Waals surface area contributed by atoms with E-state index in [2.05, 4.69) is 10.6 Å². The van der Waals surface area contributed by atoms with Gasteiger partial charge in [0.15, 0.2) is 0 Å². The topological polar surface area (TPSA) is 61.4 Å². The lowest BCUT2D eigenvalue weighted by atomic mass is 9.88. The van der Waals surface area contributed by atoms with E-state index in [-0.39, 0.29) is 29.8 Å². The second-order valence-electron chi connectivity index (χ2n) is 5.68. The third-order valence-electron chi connectivity index (χ3n) is 4.11. The number of amides is 2. The molecule has 2 unspecified atom stereocenters. The lowest BCUT2D eigenvalue weighted by molar-refractivity contribution is -0.135. The zero-order chi connectivity index (χ0) is 13.3. The van der Waals surface area contributed by atoms with Crippen LogP contribution < -0.4 is 10.6 Å². The monoisotopic (exact) mass is 253 g/mol. The van der Waals surface area contributed by atoms with Crippen molar-refractivity contribution in [2.24, 2.45) is 11.8 Å². The van der Waals surface area contributed by atoms with Crippen LogP contribution in [0.3, 0.4) is 0 Å². The highest BCUT2D eigenvalue weighted by Crippen LogP contribution is 2.18. The Hall–Kier alpha value is -1.10. The fourth-order valence-electron chi connectivity index (χ4n) is 2.53. The summed E-state index contributed by atoms with van der Waals surface area (Å²) in [6.07, 6.45) is 0.735. The van der Waals surface area contributed by atoms with E-state index >= 15 is 0 Å². The molecule has 102 valence electrons. The van der Waals surface area contributed by atoms with Crippen LogP contribution in [0, 0.1) is 11.8 Å². The predicted molar refractivity (Wildman–Crippen MR) is 68.9 cm³/mol. The highest BCUT2D eigenvalue weighted by Gasteiger charge is 2.36. The molecular weight excluding hydrogens is 230 g/mol. The van der Waals surface area contributed by atoms with Gasteiger partial charge in [0.1, 0.15) is 6.04 Å². The van der Waals surface area contributed by atoms with Gasteiger partial charge in [-0.2, -0.15) is 0 Å². The summed E-state index contributed by atoms with van der Waals surface area (Å²) in [5, 5.41) is 6.07. The predicted octanol–water partition coefficient (Wildman–Crippen LogP) is -0.0326. The molecule has 2 rings (SSSR count). The van der Waals surface area contributed by atoms with Crippen molar-refractivity contribution in [3.8, 4) is 0 Å². The molecule has 2 aliphatic heterocycles. The van der Waals surface area contributed by atoms with Crippen molar-refractivity contribution in [1.82, 2.24) is 15.5 Å². The largest absolute Gasteiger partial charge is 0.344 e. The normalized spacial score (nSPS) is 26.3. The molecule has 0 aromatic heterocycles. The van der Waals surface area contributed by atoms with Gasteiger partial charge in [0.2, 0.25) is 11.8 Å². The SMILES string of the molecule is CC(C(=O)NC1CCN(C(C)C)C1=O)C1CNC1. The average molecular weight is 253 g/mol. The van der Waals surface area contributed by atoms with Crippen molar-refractivity contribution in [2.45, 2.75) is 39.3 Å². The number of carbonyl (C=O) groups excluding carboxylic acids is 2. The molecule has 0 aliphatic carbocycles. The Morgan fingerprint density at radius 1 is 1.39 bits per heavy atom. The molecule has 2 heterocycles. The molecule has 0 aromatic carbocycles. The van der Waals surface area contributed by atoms with Gasteiger partial charge in [0.25, 0.3) is 0 Å². The molecule has 5 nitrogen and oxygen atoms in total. The maximum atomic E-state index is 12.1. The van der Waals surface area contributed by atoms with Gasteiger partial charge >= 0.3 is 0 Å². The summed E-state index contributed by atoms with van der Waals surface area (Å²) in [5.41, 5.74) is 0. The Kier molecular flexibility index (Phi) is 3.90. The Bertz CT molecular complexity index is 339. The van der Waals surface area contributed by atoms with E-state index in [9.17, 15) is 9.59 Å². The molecule has 2 N–H and O–H groups in total. The highest BCUT2D eigenvalue weighted by atomic mass is 16.2. The smallest absolute Gasteiger partial charge is 0.245 e. The van der Waals surface area contributed by atoms with Crippen LogP contribution in [0.2, 0.25) is 0 Å². The molecular formula is C13H23N3O2. The maximum absolute atomic E-state index is 12.1. The second-order valence-corrected chi connectivity index (χ2v) is 5.68. The minimum absolute atomic E-state index is 0.00727. The number of rotatable bonds is 4. The van der Waals surface area contributed by atoms with Crippen molar-refractivity contribution in [2.75, 3.05) is 19.6 Å². The first-order valence-electron chi connectivity index (χ1n) is 6.82. The van der Waals surface area contributed by atoms with Crippen molar-refractivity contribution < 1.29 is 9.59 Å². The van der Waals surface area contributed by atoms with E-state index in [1.807, 2.05) is 25.7 Å². The fourth-order valence-corrected chi connectivity index (χ4v) is 2.53. The summed E-state index contributed by atoms with van der Waals surface area (Å²) in [7, 11) is 0. The summed E-state index contributed by atoms with van der Waals surface area (Å²) < 4.78 is 0. The summed E-state index contributed by atoms with van der Waals surface area (Å²) in [6.45, 7) is 8.52. The first kappa shape index (κ1) is 13.3. The number of likely N-dealkylation sites (tertiary alicyclic amines) is 1. The molecule has 5 heteroatoms. The molecule has 0 bridgehead atoms. The summed E-state index contributed by atoms with van der Waals surface area (Å²) in [6, 6.07) is -0.0944. The van der Waals surface area contributed by atoms with Crippen molar-refractivity contribution in [1.29, 1.82) is 0 Å². The first-order chi connectivity index (χ1) is 8.50. The number of carbonyl (C=O) groups is 2. The summed E-state index contributed by atoms with van der Waals surface area (Å²) >= 11 is 0. The minimum atomic E-state index is -0.310. The van der Waals surface area contributed by atoms with Crippen LogP contribution in [0.5, 0.6) is 0 Å². The number of nitrogens with one attached hydrogen (secondary N) is 2. The number of nitrogens with zero attached hydrogens (tertiary/aromatic N) is 1. The van der Waals surface area contributed by atoms with Crippen molar-refractivity contribution in [3.05, 3.63) is 0 Å². The third kappa shape index (κ3) is 2.51. The Morgan fingerprint density at radius 3 is 2.50 bits per heavy atom. The molecule has 0 saturated carbocycles. The molecule has 2 atom stereocenters. The van der Waals surface area contributed by atoms with E-state index in [1.54, 1.807) is 0 Å². The Morgan fingerprint density at radius 2 is 2.06 bits per heavy atom. The third-order valence-corrected chi connectivity index (χ3v) is 4.11. The Labute approximate surface area is 108 Å². The van der Waals surface area contributed by atoms with Crippen LogP contribution in [0.4, 0.5) is 0 Å². The van der Waals surface area contributed by atoms with Crippen molar-refractivity contribution >= 4 is 11.8 Å². The first-order valence-corrected chi connectivity index (χ1v) is 6.82. The maximum Gasteiger partial charge on any atom is 0.245 e. The number of hydrogen-bond donors (Lipinski definition) is 2. The van der Waals surface area contributed by atoms with E-state index < -0.39 is 0 Å². The van der Waals surface area contributed by atoms with Crippen LogP contribution in [-0.2, 0) is 9.59 Å². The lowest BCUT2D eigenvalue weighted by Gasteiger charge is -2.32. The zero-order valence-corrected chi connectivity index (χ0v) is 11.4. The molecule has 0 aromatic rings. The van der Waals surface area contributed by atoms with Crippen LogP contribution in [0.25, 0.3) is 0 Å².